The average Bonchev–Trinajstić information content (AvgIpc) is 2.67. The van der Waals surface area contributed by atoms with E-state index in [1.54, 1.807) is 30.5 Å². The van der Waals surface area contributed by atoms with Gasteiger partial charge in [0, 0.05) is 29.1 Å². The van der Waals surface area contributed by atoms with Crippen LogP contribution in [0.3, 0.4) is 0 Å². The van der Waals surface area contributed by atoms with Gasteiger partial charge in [-0.05, 0) is 38.1 Å². The van der Waals surface area contributed by atoms with Crippen LogP contribution in [0.5, 0.6) is 5.75 Å². The Kier molecular flexibility index (Phi) is 4.53. The molecule has 28 heavy (non-hydrogen) atoms. The number of pyridine rings is 1. The fourth-order valence-corrected chi connectivity index (χ4v) is 3.07. The predicted molar refractivity (Wildman–Crippen MR) is 108 cm³/mol. The molecular weight excluding hydrogens is 356 g/mol. The number of benzene rings is 2. The highest BCUT2D eigenvalue weighted by Crippen LogP contribution is 2.25. The van der Waals surface area contributed by atoms with E-state index in [4.69, 9.17) is 9.15 Å². The zero-order valence-corrected chi connectivity index (χ0v) is 15.4. The summed E-state index contributed by atoms with van der Waals surface area (Å²) in [5, 5.41) is 4.29. The molecule has 0 radical (unpaired) electrons. The molecule has 0 saturated heterocycles. The normalized spacial score (nSPS) is 11.1. The third-order valence-electron chi connectivity index (χ3n) is 4.21. The van der Waals surface area contributed by atoms with E-state index in [9.17, 15) is 9.59 Å². The Bertz CT molecular complexity index is 1240. The van der Waals surface area contributed by atoms with Crippen LogP contribution in [-0.4, -0.2) is 17.0 Å². The molecule has 0 fully saturated rings. The van der Waals surface area contributed by atoms with E-state index in [1.807, 2.05) is 38.1 Å². The number of nitrogens with zero attached hydrogens (tertiary/aromatic N) is 1. The fourth-order valence-electron chi connectivity index (χ4n) is 3.07. The van der Waals surface area contributed by atoms with Crippen LogP contribution in [0.15, 0.2) is 70.0 Å². The SMILES string of the molecule is CC(C)Oc1ccc2c(C(=O)Nc3cccc4cccnc34)cc(=O)oc2c1. The van der Waals surface area contributed by atoms with Crippen molar-refractivity contribution in [1.29, 1.82) is 0 Å². The Balaban J connectivity index is 1.75. The molecule has 0 spiro atoms. The number of para-hydroxylation sites is 1. The van der Waals surface area contributed by atoms with Crippen molar-refractivity contribution in [3.63, 3.8) is 0 Å². The summed E-state index contributed by atoms with van der Waals surface area (Å²) in [5.41, 5.74) is 1.18. The second-order valence-corrected chi connectivity index (χ2v) is 6.64. The molecule has 140 valence electrons. The fraction of sp³-hybridized carbons (Fsp3) is 0.136. The van der Waals surface area contributed by atoms with Gasteiger partial charge in [-0.2, -0.15) is 0 Å². The second kappa shape index (κ2) is 7.15. The van der Waals surface area contributed by atoms with Gasteiger partial charge in [-0.25, -0.2) is 4.79 Å². The topological polar surface area (TPSA) is 81.4 Å². The Morgan fingerprint density at radius 1 is 1.11 bits per heavy atom. The lowest BCUT2D eigenvalue weighted by Crippen LogP contribution is -2.15. The number of anilines is 1. The number of ether oxygens (including phenoxy) is 1. The maximum absolute atomic E-state index is 12.9. The van der Waals surface area contributed by atoms with E-state index in [1.165, 1.54) is 6.07 Å². The third-order valence-corrected chi connectivity index (χ3v) is 4.21. The minimum atomic E-state index is -0.601. The number of hydrogen-bond donors (Lipinski definition) is 1. The number of carbonyl (C=O) groups is 1. The van der Waals surface area contributed by atoms with E-state index < -0.39 is 11.5 Å². The molecule has 4 rings (SSSR count). The smallest absolute Gasteiger partial charge is 0.337 e. The van der Waals surface area contributed by atoms with Gasteiger partial charge >= 0.3 is 5.63 Å². The minimum absolute atomic E-state index is 0.0190. The van der Waals surface area contributed by atoms with Crippen LogP contribution in [0.2, 0.25) is 0 Å². The summed E-state index contributed by atoms with van der Waals surface area (Å²) in [6.07, 6.45) is 1.65. The van der Waals surface area contributed by atoms with Crippen molar-refractivity contribution in [3.05, 3.63) is 76.8 Å². The molecule has 1 amide bonds. The summed E-state index contributed by atoms with van der Waals surface area (Å²) in [6.45, 7) is 3.81. The number of fused-ring (bicyclic) bond motifs is 2. The number of amides is 1. The first-order valence-electron chi connectivity index (χ1n) is 8.91. The van der Waals surface area contributed by atoms with Gasteiger partial charge in [0.1, 0.15) is 11.3 Å². The summed E-state index contributed by atoms with van der Waals surface area (Å²) in [6, 6.07) is 15.6. The van der Waals surface area contributed by atoms with E-state index in [2.05, 4.69) is 10.3 Å². The zero-order chi connectivity index (χ0) is 19.7. The minimum Gasteiger partial charge on any atom is -0.491 e. The van der Waals surface area contributed by atoms with Crippen LogP contribution in [0, 0.1) is 0 Å². The lowest BCUT2D eigenvalue weighted by atomic mass is 10.1. The average molecular weight is 374 g/mol. The van der Waals surface area contributed by atoms with E-state index >= 15 is 0 Å². The number of nitrogens with one attached hydrogen (secondary N) is 1. The number of carbonyl (C=O) groups excluding carboxylic acids is 1. The van der Waals surface area contributed by atoms with Crippen molar-refractivity contribution in [2.75, 3.05) is 5.32 Å². The molecule has 2 aromatic heterocycles. The standard InChI is InChI=1S/C22H18N2O4/c1-13(2)27-15-8-9-16-17(12-20(25)28-19(16)11-15)22(26)24-18-7-3-5-14-6-4-10-23-21(14)18/h3-13H,1-2H3,(H,24,26). The Morgan fingerprint density at radius 2 is 1.93 bits per heavy atom. The van der Waals surface area contributed by atoms with Crippen LogP contribution in [0.1, 0.15) is 24.2 Å². The molecular formula is C22H18N2O4. The molecule has 6 nitrogen and oxygen atoms in total. The molecule has 0 saturated carbocycles. The Hall–Kier alpha value is -3.67. The molecule has 0 aliphatic heterocycles. The molecule has 2 heterocycles. The maximum Gasteiger partial charge on any atom is 0.337 e. The van der Waals surface area contributed by atoms with Crippen molar-refractivity contribution < 1.29 is 13.9 Å². The summed E-state index contributed by atoms with van der Waals surface area (Å²) in [5.74, 6) is 0.162. The number of rotatable bonds is 4. The lowest BCUT2D eigenvalue weighted by Gasteiger charge is -2.12. The summed E-state index contributed by atoms with van der Waals surface area (Å²) < 4.78 is 10.9. The molecule has 2 aromatic carbocycles. The van der Waals surface area contributed by atoms with Crippen LogP contribution in [-0.2, 0) is 0 Å². The summed E-state index contributed by atoms with van der Waals surface area (Å²) >= 11 is 0. The molecule has 0 bridgehead atoms. The van der Waals surface area contributed by atoms with E-state index in [0.717, 1.165) is 5.39 Å². The highest BCUT2D eigenvalue weighted by Gasteiger charge is 2.15. The van der Waals surface area contributed by atoms with Crippen LogP contribution in [0.25, 0.3) is 21.9 Å². The van der Waals surface area contributed by atoms with E-state index in [0.29, 0.717) is 27.9 Å². The van der Waals surface area contributed by atoms with Crippen molar-refractivity contribution >= 4 is 33.5 Å². The van der Waals surface area contributed by atoms with Gasteiger partial charge in [0.25, 0.3) is 5.91 Å². The third kappa shape index (κ3) is 3.44. The highest BCUT2D eigenvalue weighted by molar-refractivity contribution is 6.14. The largest absolute Gasteiger partial charge is 0.491 e. The molecule has 6 heteroatoms. The van der Waals surface area contributed by atoms with Crippen LogP contribution < -0.4 is 15.7 Å². The van der Waals surface area contributed by atoms with Crippen molar-refractivity contribution in [3.8, 4) is 5.75 Å². The van der Waals surface area contributed by atoms with Crippen molar-refractivity contribution in [1.82, 2.24) is 4.98 Å². The summed E-state index contributed by atoms with van der Waals surface area (Å²) in [7, 11) is 0. The number of hydrogen-bond acceptors (Lipinski definition) is 5. The first-order valence-corrected chi connectivity index (χ1v) is 8.91. The van der Waals surface area contributed by atoms with Gasteiger partial charge in [-0.15, -0.1) is 0 Å². The summed E-state index contributed by atoms with van der Waals surface area (Å²) in [4.78, 5) is 29.3. The molecule has 4 aromatic rings. The Morgan fingerprint density at radius 3 is 2.75 bits per heavy atom. The first kappa shape index (κ1) is 17.7. The highest BCUT2D eigenvalue weighted by atomic mass is 16.5. The second-order valence-electron chi connectivity index (χ2n) is 6.64. The van der Waals surface area contributed by atoms with Crippen molar-refractivity contribution in [2.24, 2.45) is 0 Å². The van der Waals surface area contributed by atoms with E-state index in [-0.39, 0.29) is 11.7 Å². The quantitative estimate of drug-likeness (QED) is 0.536. The molecule has 0 aliphatic carbocycles. The first-order chi connectivity index (χ1) is 13.5. The molecule has 1 N–H and O–H groups in total. The Labute approximate surface area is 160 Å². The van der Waals surface area contributed by atoms with Gasteiger partial charge in [0.05, 0.1) is 22.9 Å². The maximum atomic E-state index is 12.9. The molecule has 0 unspecified atom stereocenters. The van der Waals surface area contributed by atoms with Crippen LogP contribution >= 0.6 is 0 Å². The van der Waals surface area contributed by atoms with Crippen LogP contribution in [0.4, 0.5) is 5.69 Å². The van der Waals surface area contributed by atoms with Gasteiger partial charge < -0.3 is 14.5 Å². The molecule has 0 atom stereocenters. The van der Waals surface area contributed by atoms with Gasteiger partial charge in [-0.3, -0.25) is 9.78 Å². The van der Waals surface area contributed by atoms with Gasteiger partial charge in [0.15, 0.2) is 0 Å². The van der Waals surface area contributed by atoms with Gasteiger partial charge in [0.2, 0.25) is 0 Å². The monoisotopic (exact) mass is 374 g/mol. The predicted octanol–water partition coefficient (Wildman–Crippen LogP) is 4.38. The molecule has 0 aliphatic rings. The number of aromatic nitrogens is 1. The lowest BCUT2D eigenvalue weighted by molar-refractivity contribution is 0.102. The van der Waals surface area contributed by atoms with Crippen molar-refractivity contribution in [2.45, 2.75) is 20.0 Å². The van der Waals surface area contributed by atoms with Gasteiger partial charge in [-0.1, -0.05) is 18.2 Å². The zero-order valence-electron chi connectivity index (χ0n) is 15.4.